The second-order valence-corrected chi connectivity index (χ2v) is 17.8. The van der Waals surface area contributed by atoms with E-state index in [1.54, 1.807) is 0 Å². The molecular formula is C60H54N2. The Kier molecular flexibility index (Phi) is 10.5. The topological polar surface area (TPSA) is 6.48 Å². The van der Waals surface area contributed by atoms with Gasteiger partial charge in [-0.2, -0.15) is 0 Å². The molecule has 0 atom stereocenters. The Morgan fingerprint density at radius 2 is 0.677 bits per heavy atom. The maximum Gasteiger partial charge on any atom is 0.0546 e. The van der Waals surface area contributed by atoms with E-state index in [1.165, 1.54) is 142 Å². The Hall–Kier alpha value is -6.64. The molecule has 0 bridgehead atoms. The smallest absolute Gasteiger partial charge is 0.0546 e. The SMILES string of the molecule is c1ccc(-c2ccc3c(c2)c(N(c2ccccc2)c2ccc(C4CCCCC4)cc2)cc2c4ccccc4c(N(c4ccccc4)c4ccc(C5CCCCC5)cc4)cc32)cc1. The molecule has 0 unspecified atom stereocenters. The molecule has 9 aromatic carbocycles. The van der Waals surface area contributed by atoms with Gasteiger partial charge < -0.3 is 9.80 Å². The van der Waals surface area contributed by atoms with Crippen LogP contribution in [-0.4, -0.2) is 0 Å². The van der Waals surface area contributed by atoms with E-state index >= 15 is 0 Å². The number of anilines is 6. The molecule has 2 aliphatic carbocycles. The summed E-state index contributed by atoms with van der Waals surface area (Å²) in [5.41, 5.74) is 12.4. The number of hydrogen-bond donors (Lipinski definition) is 0. The Morgan fingerprint density at radius 3 is 1.18 bits per heavy atom. The predicted molar refractivity (Wildman–Crippen MR) is 265 cm³/mol. The van der Waals surface area contributed by atoms with Gasteiger partial charge in [0.2, 0.25) is 0 Å². The van der Waals surface area contributed by atoms with Crippen molar-refractivity contribution in [2.45, 2.75) is 76.0 Å². The van der Waals surface area contributed by atoms with Gasteiger partial charge in [-0.25, -0.2) is 0 Å². The van der Waals surface area contributed by atoms with Crippen molar-refractivity contribution in [1.82, 2.24) is 0 Å². The monoisotopic (exact) mass is 802 g/mol. The minimum Gasteiger partial charge on any atom is -0.310 e. The summed E-state index contributed by atoms with van der Waals surface area (Å²) in [6.45, 7) is 0. The third-order valence-electron chi connectivity index (χ3n) is 14.0. The van der Waals surface area contributed by atoms with Gasteiger partial charge in [-0.15, -0.1) is 0 Å². The van der Waals surface area contributed by atoms with Crippen LogP contribution in [0, 0.1) is 0 Å². The molecule has 2 saturated carbocycles. The van der Waals surface area contributed by atoms with E-state index < -0.39 is 0 Å². The van der Waals surface area contributed by atoms with Gasteiger partial charge in [0.05, 0.1) is 11.4 Å². The van der Waals surface area contributed by atoms with Crippen LogP contribution >= 0.6 is 0 Å². The highest BCUT2D eigenvalue weighted by Crippen LogP contribution is 2.49. The fourth-order valence-electron chi connectivity index (χ4n) is 10.8. The molecule has 62 heavy (non-hydrogen) atoms. The second-order valence-electron chi connectivity index (χ2n) is 17.8. The molecule has 0 saturated heterocycles. The summed E-state index contributed by atoms with van der Waals surface area (Å²) in [5.74, 6) is 1.32. The largest absolute Gasteiger partial charge is 0.310 e. The van der Waals surface area contributed by atoms with Gasteiger partial charge in [0.25, 0.3) is 0 Å². The van der Waals surface area contributed by atoms with Crippen LogP contribution in [0.4, 0.5) is 34.1 Å². The molecule has 2 heteroatoms. The van der Waals surface area contributed by atoms with Crippen molar-refractivity contribution in [3.63, 3.8) is 0 Å². The van der Waals surface area contributed by atoms with Crippen molar-refractivity contribution in [3.05, 3.63) is 205 Å². The third-order valence-corrected chi connectivity index (χ3v) is 14.0. The molecule has 0 amide bonds. The van der Waals surface area contributed by atoms with Crippen LogP contribution in [0.2, 0.25) is 0 Å². The summed E-state index contributed by atoms with van der Waals surface area (Å²) in [7, 11) is 0. The van der Waals surface area contributed by atoms with E-state index in [0.717, 1.165) is 11.4 Å². The summed E-state index contributed by atoms with van der Waals surface area (Å²) < 4.78 is 0. The molecule has 2 aliphatic rings. The minimum absolute atomic E-state index is 0.656. The van der Waals surface area contributed by atoms with Crippen LogP contribution < -0.4 is 9.80 Å². The molecule has 0 spiro atoms. The average molecular weight is 803 g/mol. The highest BCUT2D eigenvalue weighted by Gasteiger charge is 2.24. The maximum absolute atomic E-state index is 2.49. The van der Waals surface area contributed by atoms with Crippen molar-refractivity contribution in [3.8, 4) is 11.1 Å². The van der Waals surface area contributed by atoms with E-state index in [9.17, 15) is 0 Å². The standard InChI is InChI=1S/C60H54N2/c1-6-18-43(19-7-1)46-30-35-51(36-31-46)61(49-24-12-4-13-25-49)59-41-57-54-39-34-48(45-22-10-3-11-23-45)40-58(54)60(42-56(57)53-28-16-17-29-55(53)59)62(50-26-14-5-15-27-50)52-37-32-47(33-38-52)44-20-8-2-9-21-44/h3-5,10-17,22-44H,1-2,6-9,18-21H2. The number of nitrogens with zero attached hydrogens (tertiary/aromatic N) is 2. The summed E-state index contributed by atoms with van der Waals surface area (Å²) in [6, 6.07) is 72.9. The fourth-order valence-corrected chi connectivity index (χ4v) is 10.8. The van der Waals surface area contributed by atoms with Gasteiger partial charge in [0, 0.05) is 33.5 Å². The lowest BCUT2D eigenvalue weighted by Crippen LogP contribution is -2.12. The van der Waals surface area contributed by atoms with Crippen LogP contribution in [0.5, 0.6) is 0 Å². The maximum atomic E-state index is 2.49. The number of para-hydroxylation sites is 2. The minimum atomic E-state index is 0.656. The van der Waals surface area contributed by atoms with Gasteiger partial charge in [-0.3, -0.25) is 0 Å². The first kappa shape index (κ1) is 38.3. The Labute approximate surface area is 367 Å². The molecule has 304 valence electrons. The zero-order chi connectivity index (χ0) is 41.2. The van der Waals surface area contributed by atoms with Crippen molar-refractivity contribution in [2.75, 3.05) is 9.80 Å². The lowest BCUT2D eigenvalue weighted by atomic mass is 9.84. The van der Waals surface area contributed by atoms with Gasteiger partial charge in [0.1, 0.15) is 0 Å². The van der Waals surface area contributed by atoms with E-state index in [2.05, 4.69) is 204 Å². The number of hydrogen-bond acceptors (Lipinski definition) is 2. The molecule has 9 aromatic rings. The first-order valence-electron chi connectivity index (χ1n) is 23.1. The van der Waals surface area contributed by atoms with E-state index in [0.29, 0.717) is 11.8 Å². The average Bonchev–Trinajstić information content (AvgIpc) is 3.36. The van der Waals surface area contributed by atoms with E-state index in [-0.39, 0.29) is 0 Å². The Bertz CT molecular complexity index is 2940. The zero-order valence-electron chi connectivity index (χ0n) is 35.6. The fraction of sp³-hybridized carbons (Fsp3) is 0.200. The Balaban J connectivity index is 1.15. The van der Waals surface area contributed by atoms with Crippen LogP contribution in [0.25, 0.3) is 43.4 Å². The number of fused-ring (bicyclic) bond motifs is 5. The van der Waals surface area contributed by atoms with Crippen molar-refractivity contribution < 1.29 is 0 Å². The zero-order valence-corrected chi connectivity index (χ0v) is 35.6. The first-order chi connectivity index (χ1) is 30.8. The summed E-state index contributed by atoms with van der Waals surface area (Å²) in [5, 5.41) is 7.44. The molecule has 2 nitrogen and oxygen atoms in total. The highest BCUT2D eigenvalue weighted by atomic mass is 15.1. The third kappa shape index (κ3) is 7.32. The highest BCUT2D eigenvalue weighted by molar-refractivity contribution is 6.25. The van der Waals surface area contributed by atoms with Gasteiger partial charge in [0.15, 0.2) is 0 Å². The van der Waals surface area contributed by atoms with Crippen molar-refractivity contribution in [1.29, 1.82) is 0 Å². The van der Waals surface area contributed by atoms with Crippen LogP contribution in [-0.2, 0) is 0 Å². The predicted octanol–water partition coefficient (Wildman–Crippen LogP) is 17.8. The van der Waals surface area contributed by atoms with Crippen LogP contribution in [0.1, 0.15) is 87.2 Å². The van der Waals surface area contributed by atoms with E-state index in [1.807, 2.05) is 0 Å². The van der Waals surface area contributed by atoms with E-state index in [4.69, 9.17) is 0 Å². The van der Waals surface area contributed by atoms with Crippen molar-refractivity contribution >= 4 is 66.4 Å². The molecular weight excluding hydrogens is 749 g/mol. The van der Waals surface area contributed by atoms with Gasteiger partial charge >= 0.3 is 0 Å². The number of benzene rings is 9. The van der Waals surface area contributed by atoms with Crippen LogP contribution in [0.3, 0.4) is 0 Å². The normalized spacial score (nSPS) is 15.0. The summed E-state index contributed by atoms with van der Waals surface area (Å²) >= 11 is 0. The number of rotatable bonds is 9. The second kappa shape index (κ2) is 17.0. The Morgan fingerprint density at radius 1 is 0.274 bits per heavy atom. The van der Waals surface area contributed by atoms with Crippen molar-refractivity contribution in [2.24, 2.45) is 0 Å². The molecule has 0 N–H and O–H groups in total. The lowest BCUT2D eigenvalue weighted by Gasteiger charge is -2.30. The quantitative estimate of drug-likeness (QED) is 0.134. The lowest BCUT2D eigenvalue weighted by molar-refractivity contribution is 0.443. The molecule has 2 fully saturated rings. The first-order valence-corrected chi connectivity index (χ1v) is 23.1. The molecule has 0 radical (unpaired) electrons. The summed E-state index contributed by atoms with van der Waals surface area (Å²) in [4.78, 5) is 4.97. The molecule has 11 rings (SSSR count). The molecule has 0 aromatic heterocycles. The van der Waals surface area contributed by atoms with Gasteiger partial charge in [-0.05, 0) is 148 Å². The van der Waals surface area contributed by atoms with Gasteiger partial charge in [-0.1, -0.05) is 166 Å². The molecule has 0 aliphatic heterocycles. The molecule has 0 heterocycles. The van der Waals surface area contributed by atoms with Crippen LogP contribution in [0.15, 0.2) is 194 Å². The summed E-state index contributed by atoms with van der Waals surface area (Å²) in [6.07, 6.45) is 13.3.